The Bertz CT molecular complexity index is 3550. The first-order valence-electron chi connectivity index (χ1n) is 39.4. The molecule has 0 aromatic heterocycles. The Labute approximate surface area is 675 Å². The molecule has 11 N–H and O–H groups in total. The summed E-state index contributed by atoms with van der Waals surface area (Å²) in [4.78, 5) is 139. The number of ether oxygens (including phenoxy) is 2. The van der Waals surface area contributed by atoms with Gasteiger partial charge in [0.1, 0.15) is 54.6 Å². The molecule has 0 bridgehead atoms. The van der Waals surface area contributed by atoms with E-state index in [4.69, 9.17) is 18.5 Å². The lowest BCUT2D eigenvalue weighted by Gasteiger charge is -2.46. The van der Waals surface area contributed by atoms with Crippen LogP contribution in [0.4, 0.5) is 0 Å². The van der Waals surface area contributed by atoms with Crippen LogP contribution in [-0.4, -0.2) is 150 Å². The van der Waals surface area contributed by atoms with Gasteiger partial charge in [0.25, 0.3) is 15.6 Å². The van der Waals surface area contributed by atoms with Gasteiger partial charge in [0, 0.05) is 19.8 Å². The van der Waals surface area contributed by atoms with E-state index in [0.29, 0.717) is 18.4 Å². The smallest absolute Gasteiger partial charge is 0.276 e. The van der Waals surface area contributed by atoms with Crippen molar-refractivity contribution >= 4 is 69.0 Å². The number of quaternary nitrogens is 1. The summed E-state index contributed by atoms with van der Waals surface area (Å²) in [5.74, 6) is -11.1. The zero-order chi connectivity index (χ0) is 86.4. The van der Waals surface area contributed by atoms with E-state index in [1.807, 2.05) is 6.92 Å². The number of aliphatic hydroxyl groups is 2. The number of phosphoric acid groups is 2. The fraction of sp³-hybridized carbons (Fsp3) is 0.646. The summed E-state index contributed by atoms with van der Waals surface area (Å²) in [6, 6.07) is -10.9. The van der Waals surface area contributed by atoms with Crippen LogP contribution >= 0.6 is 15.6 Å². The van der Waals surface area contributed by atoms with Gasteiger partial charge >= 0.3 is 0 Å². The first kappa shape index (κ1) is 105. The molecule has 0 aromatic rings. The number of carboxylic acid groups (broad SMARTS) is 3. The van der Waals surface area contributed by atoms with Crippen molar-refractivity contribution in [3.63, 3.8) is 0 Å². The van der Waals surface area contributed by atoms with Gasteiger partial charge in [0.05, 0.1) is 43.2 Å². The fourth-order valence-electron chi connectivity index (χ4n) is 11.7. The van der Waals surface area contributed by atoms with Crippen LogP contribution in [0.15, 0.2) is 116 Å². The molecule has 1 aliphatic rings. The predicted molar refractivity (Wildman–Crippen MR) is 425 cm³/mol. The average molecular weight is 1640 g/mol. The molecule has 32 heteroatoms. The molecule has 0 radical (unpaired) electrons. The summed E-state index contributed by atoms with van der Waals surface area (Å²) in [7, 11) is -11.8. The summed E-state index contributed by atoms with van der Waals surface area (Å²) >= 11 is 0. The number of aliphatic carboxylic acids is 3. The lowest BCUT2D eigenvalue weighted by atomic mass is 9.96. The SMILES string of the molecule is CC(=O)N[C@H]1[C@@H](OP(=O)([O-])OP(=O)([O-])OC/C=C(/C)CC/C=C(/C)CC/C=C(/C)CC/C=C(/C)CC/C=C(/C)CC/C=C(/C)CC/C=C(/C)CC/C=C(\C)CC/C=C(\C)CCC=C(C)C)O[C@H](CO)[C@@H](O)[C@@H]1O[C@H](C)C(=O)N[C@@H](C)C(=O)N[C@H](CCC(=O)N[C@@H](CCC[C@@H]([NH3+])C(=O)[O-])C(=O)N[C@H](C)C(=O)N[C@H](C)C(=O)[O-])C(=O)[O-]. The molecule has 1 fully saturated rings. The molecule has 0 aromatic carbocycles. The van der Waals surface area contributed by atoms with Gasteiger partial charge in [0.2, 0.25) is 35.4 Å². The van der Waals surface area contributed by atoms with E-state index in [1.54, 1.807) is 6.92 Å². The van der Waals surface area contributed by atoms with E-state index in [1.165, 1.54) is 63.2 Å². The highest BCUT2D eigenvalue weighted by Crippen LogP contribution is 2.57. The maximum absolute atomic E-state index is 13.5. The molecule has 0 spiro atoms. The van der Waals surface area contributed by atoms with E-state index < -0.39 is 168 Å². The highest BCUT2D eigenvalue weighted by Gasteiger charge is 2.49. The Kier molecular flexibility index (Phi) is 51.5. The van der Waals surface area contributed by atoms with Gasteiger partial charge < -0.3 is 101 Å². The van der Waals surface area contributed by atoms with Crippen LogP contribution in [0.1, 0.15) is 258 Å². The quantitative estimate of drug-likeness (QED) is 0.0244. The molecule has 30 nitrogen and oxygen atoms in total. The second-order valence-electron chi connectivity index (χ2n) is 30.1. The van der Waals surface area contributed by atoms with Gasteiger partial charge in [-0.15, -0.1) is 0 Å². The average Bonchev–Trinajstić information content (AvgIpc) is 0.782. The first-order valence-corrected chi connectivity index (χ1v) is 42.3. The maximum Gasteiger partial charge on any atom is 0.276 e. The third kappa shape index (κ3) is 47.7. The van der Waals surface area contributed by atoms with Crippen molar-refractivity contribution in [2.24, 2.45) is 0 Å². The lowest BCUT2D eigenvalue weighted by Crippen LogP contribution is -2.68. The molecular formula is C82H131N7O23P2-4. The van der Waals surface area contributed by atoms with Crippen LogP contribution in [0.25, 0.3) is 0 Å². The number of amides is 6. The van der Waals surface area contributed by atoms with Crippen LogP contribution in [0.5, 0.6) is 0 Å². The van der Waals surface area contributed by atoms with Crippen LogP contribution in [0, 0.1) is 0 Å². The first-order chi connectivity index (χ1) is 53.3. The summed E-state index contributed by atoms with van der Waals surface area (Å²) in [6.07, 6.45) is 28.8. The van der Waals surface area contributed by atoms with Crippen molar-refractivity contribution in [3.8, 4) is 0 Å². The number of carboxylic acids is 3. The Morgan fingerprint density at radius 3 is 1.23 bits per heavy atom. The molecule has 6 amide bonds. The van der Waals surface area contributed by atoms with Gasteiger partial charge in [0.15, 0.2) is 6.29 Å². The Balaban J connectivity index is 2.76. The molecule has 646 valence electrons. The largest absolute Gasteiger partial charge is 0.756 e. The van der Waals surface area contributed by atoms with Gasteiger partial charge in [-0.2, -0.15) is 0 Å². The summed E-state index contributed by atoms with van der Waals surface area (Å²) < 4.78 is 51.4. The molecule has 114 heavy (non-hydrogen) atoms. The summed E-state index contributed by atoms with van der Waals surface area (Å²) in [5.41, 5.74) is 16.7. The Hall–Kier alpha value is -7.31. The number of aliphatic hydroxyl groups excluding tert-OH is 2. The van der Waals surface area contributed by atoms with Gasteiger partial charge in [-0.25, -0.2) is 4.31 Å². The lowest BCUT2D eigenvalue weighted by molar-refractivity contribution is -0.438. The van der Waals surface area contributed by atoms with Gasteiger partial charge in [-0.05, 0) is 239 Å². The van der Waals surface area contributed by atoms with E-state index in [9.17, 15) is 87.6 Å². The third-order valence-electron chi connectivity index (χ3n) is 18.9. The maximum atomic E-state index is 13.5. The minimum Gasteiger partial charge on any atom is -0.756 e. The predicted octanol–water partition coefficient (Wildman–Crippen LogP) is 6.13. The zero-order valence-corrected chi connectivity index (χ0v) is 71.7. The minimum atomic E-state index is -6.08. The molecule has 1 heterocycles. The number of carbonyl (C=O) groups excluding carboxylic acids is 9. The van der Waals surface area contributed by atoms with Crippen molar-refractivity contribution in [2.45, 2.75) is 331 Å². The van der Waals surface area contributed by atoms with E-state index in [2.05, 4.69) is 159 Å². The number of carbonyl (C=O) groups is 9. The topological polar surface area (TPSA) is 489 Å². The van der Waals surface area contributed by atoms with Crippen LogP contribution in [0.3, 0.4) is 0 Å². The molecule has 2 unspecified atom stereocenters. The molecule has 0 aliphatic carbocycles. The number of hydrogen-bond donors (Lipinski definition) is 9. The van der Waals surface area contributed by atoms with Gasteiger partial charge in [-0.1, -0.05) is 116 Å². The molecule has 1 aliphatic heterocycles. The van der Waals surface area contributed by atoms with Gasteiger partial charge in [-0.3, -0.25) is 42.4 Å². The van der Waals surface area contributed by atoms with Crippen molar-refractivity contribution < 1.29 is 116 Å². The number of rotatable bonds is 57. The number of phosphoric ester groups is 2. The highest BCUT2D eigenvalue weighted by atomic mass is 31.3. The zero-order valence-electron chi connectivity index (χ0n) is 69.9. The summed E-state index contributed by atoms with van der Waals surface area (Å²) in [6.45, 7) is 27.4. The minimum absolute atomic E-state index is 0.0333. The molecule has 1 saturated heterocycles. The van der Waals surface area contributed by atoms with Crippen LogP contribution < -0.4 is 62.7 Å². The van der Waals surface area contributed by atoms with E-state index in [-0.39, 0.29) is 19.3 Å². The van der Waals surface area contributed by atoms with Crippen molar-refractivity contribution in [2.75, 3.05) is 13.2 Å². The van der Waals surface area contributed by atoms with Crippen molar-refractivity contribution in [3.05, 3.63) is 116 Å². The van der Waals surface area contributed by atoms with Crippen LogP contribution in [0.2, 0.25) is 0 Å². The monoisotopic (exact) mass is 1640 g/mol. The molecule has 0 saturated carbocycles. The Morgan fingerprint density at radius 2 is 0.851 bits per heavy atom. The second-order valence-corrected chi connectivity index (χ2v) is 33.1. The molecule has 1 rings (SSSR count). The number of nitrogens with one attached hydrogen (secondary N) is 6. The molecular weight excluding hydrogens is 1510 g/mol. The number of allylic oxidation sites excluding steroid dienone is 19. The highest BCUT2D eigenvalue weighted by molar-refractivity contribution is 7.59. The number of hydrogen-bond acceptors (Lipinski definition) is 23. The summed E-state index contributed by atoms with van der Waals surface area (Å²) in [5, 5.41) is 69.1. The van der Waals surface area contributed by atoms with Crippen LogP contribution in [-0.2, 0) is 75.1 Å². The van der Waals surface area contributed by atoms with E-state index in [0.717, 1.165) is 130 Å². The molecule has 14 atom stereocenters. The standard InChI is InChI=1S/C82H135N7O23P2/c1-52(2)27-17-28-53(3)29-18-30-54(4)31-19-32-55(5)33-20-34-56(6)35-21-36-57(7)37-22-38-58(8)39-23-40-59(9)41-24-42-60(10)43-25-44-61(11)49-50-108-113(104,105)112-114(106,107)111-82-72(87-66(16)91)74(73(93)70(51-90)110-82)109-65(15)77(96)84-63(13)76(95)89-69(81(102)103)47-48-71(92)88-68(46-26-45-67(83)80(100)101)78(97)85-62(12)75(94)86-64(14)79(98)99/h27,29,31,33,35,37,39,41,43,49,62-65,67-70,72-74,82,90,93H,17-26,28,30,32,34,36,38,40,42,44-48,50-51,83H2,1-16H3,(H,84,96)(H,85,97)(H,86,94)(H,87,91)(H,88,92)(H,89,95)(H,98,99)(H,100,101)(H,102,103)(H,104,105)(H,106,107)/p-4/b53-29+,54-31+,55-33-,56-35-,57-37-,58-39-,59-41-,60-43-,61-49-/t62-,63+,64-,65-,67-,68+,69-,70-,72-,73-,74-,82-/m1/s1. The van der Waals surface area contributed by atoms with Crippen molar-refractivity contribution in [1.29, 1.82) is 0 Å². The normalized spacial score (nSPS) is 20.0. The van der Waals surface area contributed by atoms with Crippen molar-refractivity contribution in [1.82, 2.24) is 31.9 Å². The fourth-order valence-corrected chi connectivity index (χ4v) is 13.7. The second kappa shape index (κ2) is 56.1. The third-order valence-corrected chi connectivity index (χ3v) is 21.4. The Morgan fingerprint density at radius 1 is 0.465 bits per heavy atom. The van der Waals surface area contributed by atoms with E-state index >= 15 is 0 Å².